The summed E-state index contributed by atoms with van der Waals surface area (Å²) in [7, 11) is 0. The van der Waals surface area contributed by atoms with Crippen LogP contribution >= 0.6 is 11.5 Å². The molecule has 0 radical (unpaired) electrons. The van der Waals surface area contributed by atoms with E-state index in [1.54, 1.807) is 6.33 Å². The van der Waals surface area contributed by atoms with E-state index in [4.69, 9.17) is 0 Å². The van der Waals surface area contributed by atoms with Gasteiger partial charge in [-0.05, 0) is 0 Å². The van der Waals surface area contributed by atoms with Crippen LogP contribution in [0.5, 0.6) is 0 Å². The molecule has 0 bridgehead atoms. The number of aliphatic hydroxyl groups excluding tert-OH is 1. The third kappa shape index (κ3) is 1.30. The summed E-state index contributed by atoms with van der Waals surface area (Å²) < 4.78 is 3.92. The summed E-state index contributed by atoms with van der Waals surface area (Å²) in [6.07, 6.45) is 1.34. The normalized spacial score (nSPS) is 29.7. The molecule has 5 heteroatoms. The van der Waals surface area contributed by atoms with Gasteiger partial charge in [-0.25, -0.2) is 4.98 Å². The van der Waals surface area contributed by atoms with Crippen LogP contribution in [0.4, 0.5) is 5.13 Å². The molecule has 0 amide bonds. The molecule has 0 aliphatic carbocycles. The molecule has 1 saturated heterocycles. The maximum Gasteiger partial charge on any atom is 0.205 e. The quantitative estimate of drug-likeness (QED) is 0.686. The Hall–Kier alpha value is -0.680. The van der Waals surface area contributed by atoms with Gasteiger partial charge in [-0.1, -0.05) is 6.92 Å². The van der Waals surface area contributed by atoms with Crippen molar-refractivity contribution in [1.29, 1.82) is 0 Å². The number of aromatic nitrogens is 2. The fourth-order valence-electron chi connectivity index (χ4n) is 1.41. The number of rotatable bonds is 1. The Balaban J connectivity index is 2.09. The van der Waals surface area contributed by atoms with Gasteiger partial charge in [0.1, 0.15) is 6.33 Å². The molecule has 2 rings (SSSR count). The predicted molar refractivity (Wildman–Crippen MR) is 47.3 cm³/mol. The first-order valence-corrected chi connectivity index (χ1v) is 4.74. The van der Waals surface area contributed by atoms with E-state index < -0.39 is 0 Å². The van der Waals surface area contributed by atoms with Gasteiger partial charge < -0.3 is 10.0 Å². The van der Waals surface area contributed by atoms with Gasteiger partial charge in [0, 0.05) is 30.5 Å². The molecule has 1 N–H and O–H groups in total. The summed E-state index contributed by atoms with van der Waals surface area (Å²) in [5.41, 5.74) is 0. The highest BCUT2D eigenvalue weighted by Gasteiger charge is 2.29. The van der Waals surface area contributed by atoms with Gasteiger partial charge in [0.05, 0.1) is 6.10 Å². The molecule has 12 heavy (non-hydrogen) atoms. The van der Waals surface area contributed by atoms with Gasteiger partial charge in [-0.3, -0.25) is 0 Å². The first-order chi connectivity index (χ1) is 5.77. The SMILES string of the molecule is CC1CN(c2ncns2)CC1O. The number of β-amino-alcohol motifs (C(OH)–C–C–N with tert-alkyl or cyclic N) is 1. The Labute approximate surface area is 75.0 Å². The molecule has 2 heterocycles. The highest BCUT2D eigenvalue weighted by atomic mass is 32.1. The average molecular weight is 185 g/mol. The van der Waals surface area contributed by atoms with Crippen LogP contribution in [0.15, 0.2) is 6.33 Å². The van der Waals surface area contributed by atoms with E-state index in [2.05, 4.69) is 14.3 Å². The summed E-state index contributed by atoms with van der Waals surface area (Å²) >= 11 is 1.38. The maximum atomic E-state index is 9.48. The second-order valence-corrected chi connectivity index (χ2v) is 3.93. The van der Waals surface area contributed by atoms with Crippen molar-refractivity contribution in [1.82, 2.24) is 9.36 Å². The van der Waals surface area contributed by atoms with Crippen molar-refractivity contribution < 1.29 is 5.11 Å². The highest BCUT2D eigenvalue weighted by Crippen LogP contribution is 2.23. The lowest BCUT2D eigenvalue weighted by Gasteiger charge is -2.11. The summed E-state index contributed by atoms with van der Waals surface area (Å²) in [6.45, 7) is 3.62. The molecule has 1 fully saturated rings. The van der Waals surface area contributed by atoms with E-state index in [0.29, 0.717) is 12.5 Å². The predicted octanol–water partition coefficient (Wildman–Crippen LogP) is 0.355. The van der Waals surface area contributed by atoms with Crippen LogP contribution in [0.2, 0.25) is 0 Å². The molecular weight excluding hydrogens is 174 g/mol. The Morgan fingerprint density at radius 3 is 3.00 bits per heavy atom. The highest BCUT2D eigenvalue weighted by molar-refractivity contribution is 7.09. The number of aliphatic hydroxyl groups is 1. The summed E-state index contributed by atoms with van der Waals surface area (Å²) in [5.74, 6) is 0.342. The molecule has 2 unspecified atom stereocenters. The van der Waals surface area contributed by atoms with Crippen LogP contribution in [0.25, 0.3) is 0 Å². The van der Waals surface area contributed by atoms with E-state index in [1.165, 1.54) is 11.5 Å². The van der Waals surface area contributed by atoms with Crippen LogP contribution in [0.3, 0.4) is 0 Å². The smallest absolute Gasteiger partial charge is 0.205 e. The average Bonchev–Trinajstić information content (AvgIpc) is 2.61. The zero-order chi connectivity index (χ0) is 8.55. The second kappa shape index (κ2) is 2.99. The minimum atomic E-state index is -0.214. The molecule has 0 saturated carbocycles. The van der Waals surface area contributed by atoms with E-state index in [1.807, 2.05) is 6.92 Å². The van der Waals surface area contributed by atoms with Crippen molar-refractivity contribution in [2.75, 3.05) is 18.0 Å². The summed E-state index contributed by atoms with van der Waals surface area (Å²) in [6, 6.07) is 0. The van der Waals surface area contributed by atoms with Gasteiger partial charge in [0.2, 0.25) is 5.13 Å². The van der Waals surface area contributed by atoms with E-state index in [-0.39, 0.29) is 6.10 Å². The van der Waals surface area contributed by atoms with Gasteiger partial charge in [0.15, 0.2) is 0 Å². The van der Waals surface area contributed by atoms with Crippen LogP contribution < -0.4 is 4.90 Å². The fourth-order valence-corrected chi connectivity index (χ4v) is 1.96. The lowest BCUT2D eigenvalue weighted by atomic mass is 10.1. The Kier molecular flexibility index (Phi) is 1.98. The number of hydrogen-bond acceptors (Lipinski definition) is 5. The molecular formula is C7H11N3OS. The molecule has 1 aliphatic rings. The van der Waals surface area contributed by atoms with Crippen LogP contribution in [-0.4, -0.2) is 33.7 Å². The molecule has 2 atom stereocenters. The maximum absolute atomic E-state index is 9.48. The summed E-state index contributed by atoms with van der Waals surface area (Å²) in [4.78, 5) is 6.17. The molecule has 0 aromatic carbocycles. The first-order valence-electron chi connectivity index (χ1n) is 3.97. The third-order valence-electron chi connectivity index (χ3n) is 2.19. The monoisotopic (exact) mass is 185 g/mol. The topological polar surface area (TPSA) is 49.2 Å². The number of nitrogens with zero attached hydrogens (tertiary/aromatic N) is 3. The second-order valence-electron chi connectivity index (χ2n) is 3.17. The lowest BCUT2D eigenvalue weighted by Crippen LogP contribution is -2.20. The van der Waals surface area contributed by atoms with Gasteiger partial charge in [0.25, 0.3) is 0 Å². The number of anilines is 1. The van der Waals surface area contributed by atoms with Crippen molar-refractivity contribution in [3.63, 3.8) is 0 Å². The standard InChI is InChI=1S/C7H11N3OS/c1-5-2-10(3-6(5)11)7-8-4-9-12-7/h4-6,11H,2-3H2,1H3. The lowest BCUT2D eigenvalue weighted by molar-refractivity contribution is 0.157. The van der Waals surface area contributed by atoms with E-state index >= 15 is 0 Å². The molecule has 1 aromatic rings. The minimum absolute atomic E-state index is 0.214. The zero-order valence-corrected chi connectivity index (χ0v) is 7.66. The van der Waals surface area contributed by atoms with Crippen molar-refractivity contribution in [3.8, 4) is 0 Å². The zero-order valence-electron chi connectivity index (χ0n) is 6.84. The van der Waals surface area contributed by atoms with Gasteiger partial charge in [-0.15, -0.1) is 0 Å². The Bertz CT molecular complexity index is 241. The first kappa shape index (κ1) is 7.94. The van der Waals surface area contributed by atoms with Crippen LogP contribution in [0.1, 0.15) is 6.92 Å². The Morgan fingerprint density at radius 1 is 1.67 bits per heavy atom. The Morgan fingerprint density at radius 2 is 2.50 bits per heavy atom. The minimum Gasteiger partial charge on any atom is -0.391 e. The van der Waals surface area contributed by atoms with Crippen LogP contribution in [0, 0.1) is 5.92 Å². The van der Waals surface area contributed by atoms with Gasteiger partial charge >= 0.3 is 0 Å². The van der Waals surface area contributed by atoms with Crippen molar-refractivity contribution in [3.05, 3.63) is 6.33 Å². The van der Waals surface area contributed by atoms with E-state index in [9.17, 15) is 5.11 Å². The van der Waals surface area contributed by atoms with Gasteiger partial charge in [-0.2, -0.15) is 4.37 Å². The molecule has 1 aromatic heterocycles. The molecule has 0 spiro atoms. The third-order valence-corrected chi connectivity index (χ3v) is 2.92. The molecule has 1 aliphatic heterocycles. The van der Waals surface area contributed by atoms with Crippen molar-refractivity contribution in [2.45, 2.75) is 13.0 Å². The fraction of sp³-hybridized carbons (Fsp3) is 0.714. The van der Waals surface area contributed by atoms with Crippen molar-refractivity contribution in [2.24, 2.45) is 5.92 Å². The summed E-state index contributed by atoms with van der Waals surface area (Å²) in [5, 5.41) is 10.4. The molecule has 66 valence electrons. The van der Waals surface area contributed by atoms with Crippen LogP contribution in [-0.2, 0) is 0 Å². The van der Waals surface area contributed by atoms with Crippen molar-refractivity contribution >= 4 is 16.7 Å². The van der Waals surface area contributed by atoms with E-state index in [0.717, 1.165) is 11.7 Å². The largest absolute Gasteiger partial charge is 0.391 e. The number of hydrogen-bond donors (Lipinski definition) is 1. The molecule has 4 nitrogen and oxygen atoms in total.